The molecule has 0 unspecified atom stereocenters. The molecule has 3 aromatic carbocycles. The van der Waals surface area contributed by atoms with Crippen molar-refractivity contribution in [3.8, 4) is 28.7 Å². The van der Waals surface area contributed by atoms with E-state index in [-0.39, 0.29) is 30.9 Å². The molecule has 0 spiro atoms. The van der Waals surface area contributed by atoms with Gasteiger partial charge in [-0.1, -0.05) is 48.5 Å². The van der Waals surface area contributed by atoms with Crippen molar-refractivity contribution in [2.45, 2.75) is 19.8 Å². The van der Waals surface area contributed by atoms with Crippen molar-refractivity contribution in [3.63, 3.8) is 0 Å². The number of carbonyl (C=O) groups is 1. The topological polar surface area (TPSA) is 111 Å². The highest BCUT2D eigenvalue weighted by Gasteiger charge is 2.41. The summed E-state index contributed by atoms with van der Waals surface area (Å²) in [7, 11) is 0. The van der Waals surface area contributed by atoms with Crippen LogP contribution in [0.2, 0.25) is 0 Å². The lowest BCUT2D eigenvalue weighted by molar-refractivity contribution is -0.229. The Morgan fingerprint density at radius 1 is 0.976 bits per heavy atom. The van der Waals surface area contributed by atoms with Crippen LogP contribution >= 0.6 is 0 Å². The molecule has 0 aliphatic carbocycles. The number of benzene rings is 3. The number of carbonyl (C=O) groups excluding carboxylic acids is 1. The third-order valence-corrected chi connectivity index (χ3v) is 6.85. The minimum Gasteiger partial charge on any atom is -0.459 e. The Balaban J connectivity index is 1.24. The van der Waals surface area contributed by atoms with Gasteiger partial charge in [-0.25, -0.2) is 14.4 Å². The molecule has 0 radical (unpaired) electrons. The minimum atomic E-state index is -0.904. The van der Waals surface area contributed by atoms with Crippen molar-refractivity contribution in [1.82, 2.24) is 19.9 Å². The number of aromatic nitrogens is 4. The normalized spacial score (nSPS) is 18.4. The van der Waals surface area contributed by atoms with Crippen LogP contribution in [0.25, 0.3) is 22.6 Å². The SMILES string of the molecule is CC1(C(=O)Nc2ccccc2)COC(c2nc(-c3ccc(F)cc3)c(-c3ccnc(OCc4ccccc4)n3)[nH]2)OC1. The van der Waals surface area contributed by atoms with Gasteiger partial charge in [0, 0.05) is 17.4 Å². The van der Waals surface area contributed by atoms with Crippen LogP contribution in [-0.4, -0.2) is 39.1 Å². The first-order valence-corrected chi connectivity index (χ1v) is 13.4. The fraction of sp³-hybridized carbons (Fsp3) is 0.188. The second kappa shape index (κ2) is 11.9. The van der Waals surface area contributed by atoms with Crippen molar-refractivity contribution in [2.75, 3.05) is 18.5 Å². The maximum absolute atomic E-state index is 13.7. The third kappa shape index (κ3) is 6.04. The molecule has 0 saturated carbocycles. The number of hydrogen-bond donors (Lipinski definition) is 2. The van der Waals surface area contributed by atoms with Crippen molar-refractivity contribution >= 4 is 11.6 Å². The quantitative estimate of drug-likeness (QED) is 0.239. The van der Waals surface area contributed by atoms with E-state index in [0.717, 1.165) is 5.56 Å². The molecule has 3 heterocycles. The average molecular weight is 566 g/mol. The van der Waals surface area contributed by atoms with Gasteiger partial charge in [0.15, 0.2) is 5.82 Å². The predicted molar refractivity (Wildman–Crippen MR) is 154 cm³/mol. The first-order chi connectivity index (χ1) is 20.5. The van der Waals surface area contributed by atoms with E-state index in [2.05, 4.69) is 20.3 Å². The molecule has 212 valence electrons. The van der Waals surface area contributed by atoms with Crippen LogP contribution in [0.1, 0.15) is 24.6 Å². The molecule has 9 nitrogen and oxygen atoms in total. The van der Waals surface area contributed by atoms with Crippen LogP contribution in [0, 0.1) is 11.2 Å². The highest BCUT2D eigenvalue weighted by atomic mass is 19.1. The second-order valence-corrected chi connectivity index (χ2v) is 10.2. The summed E-state index contributed by atoms with van der Waals surface area (Å²) in [5.41, 5.74) is 3.06. The fourth-order valence-corrected chi connectivity index (χ4v) is 4.48. The lowest BCUT2D eigenvalue weighted by Crippen LogP contribution is -2.45. The van der Waals surface area contributed by atoms with Crippen LogP contribution in [0.4, 0.5) is 10.1 Å². The summed E-state index contributed by atoms with van der Waals surface area (Å²) in [6, 6.07) is 26.9. The number of anilines is 1. The van der Waals surface area contributed by atoms with E-state index in [1.807, 2.05) is 60.7 Å². The number of nitrogens with zero attached hydrogens (tertiary/aromatic N) is 3. The number of ether oxygens (including phenoxy) is 3. The number of imidazole rings is 1. The zero-order valence-electron chi connectivity index (χ0n) is 22.8. The highest BCUT2D eigenvalue weighted by molar-refractivity contribution is 5.95. The molecule has 2 N–H and O–H groups in total. The lowest BCUT2D eigenvalue weighted by Gasteiger charge is -2.35. The summed E-state index contributed by atoms with van der Waals surface area (Å²) in [4.78, 5) is 29.9. The van der Waals surface area contributed by atoms with Crippen LogP contribution in [0.5, 0.6) is 6.01 Å². The summed E-state index contributed by atoms with van der Waals surface area (Å²) < 4.78 is 31.6. The molecular formula is C32H28FN5O4. The highest BCUT2D eigenvalue weighted by Crippen LogP contribution is 2.36. The monoisotopic (exact) mass is 565 g/mol. The molecule has 1 aliphatic rings. The number of para-hydroxylation sites is 1. The fourth-order valence-electron chi connectivity index (χ4n) is 4.48. The Bertz CT molecular complexity index is 1650. The van der Waals surface area contributed by atoms with Crippen molar-refractivity contribution in [2.24, 2.45) is 5.41 Å². The summed E-state index contributed by atoms with van der Waals surface area (Å²) >= 11 is 0. The summed E-state index contributed by atoms with van der Waals surface area (Å²) in [6.07, 6.45) is 0.744. The van der Waals surface area contributed by atoms with E-state index in [9.17, 15) is 9.18 Å². The van der Waals surface area contributed by atoms with Gasteiger partial charge < -0.3 is 24.5 Å². The number of amides is 1. The molecule has 0 atom stereocenters. The first-order valence-electron chi connectivity index (χ1n) is 13.4. The van der Waals surface area contributed by atoms with Gasteiger partial charge >= 0.3 is 6.01 Å². The molecule has 1 aliphatic heterocycles. The summed E-state index contributed by atoms with van der Waals surface area (Å²) in [5, 5.41) is 2.91. The van der Waals surface area contributed by atoms with Crippen LogP contribution in [0.3, 0.4) is 0 Å². The van der Waals surface area contributed by atoms with E-state index >= 15 is 0 Å². The van der Waals surface area contributed by atoms with E-state index in [1.165, 1.54) is 12.1 Å². The van der Waals surface area contributed by atoms with Gasteiger partial charge in [-0.05, 0) is 55.0 Å². The average Bonchev–Trinajstić information content (AvgIpc) is 3.47. The molecule has 1 amide bonds. The van der Waals surface area contributed by atoms with Crippen LogP contribution in [0.15, 0.2) is 97.2 Å². The summed E-state index contributed by atoms with van der Waals surface area (Å²) in [5.74, 6) is -0.176. The van der Waals surface area contributed by atoms with Crippen molar-refractivity contribution < 1.29 is 23.4 Å². The van der Waals surface area contributed by atoms with Gasteiger partial charge in [-0.2, -0.15) is 4.98 Å². The molecule has 2 aromatic heterocycles. The number of hydrogen-bond acceptors (Lipinski definition) is 7. The molecular weight excluding hydrogens is 537 g/mol. The maximum atomic E-state index is 13.7. The minimum absolute atomic E-state index is 0.114. The van der Waals surface area contributed by atoms with Gasteiger partial charge in [-0.3, -0.25) is 4.79 Å². The van der Waals surface area contributed by atoms with Gasteiger partial charge in [0.25, 0.3) is 0 Å². The van der Waals surface area contributed by atoms with E-state index in [0.29, 0.717) is 40.8 Å². The third-order valence-electron chi connectivity index (χ3n) is 6.85. The molecule has 1 saturated heterocycles. The first kappa shape index (κ1) is 27.3. The smallest absolute Gasteiger partial charge is 0.317 e. The van der Waals surface area contributed by atoms with Gasteiger partial charge in [0.05, 0.1) is 35.7 Å². The van der Waals surface area contributed by atoms with E-state index in [1.54, 1.807) is 31.3 Å². The van der Waals surface area contributed by atoms with E-state index in [4.69, 9.17) is 19.2 Å². The molecule has 42 heavy (non-hydrogen) atoms. The van der Waals surface area contributed by atoms with Gasteiger partial charge in [0.2, 0.25) is 12.2 Å². The Hall–Kier alpha value is -4.93. The zero-order valence-corrected chi connectivity index (χ0v) is 22.8. The van der Waals surface area contributed by atoms with Crippen LogP contribution in [-0.2, 0) is 20.9 Å². The Morgan fingerprint density at radius 2 is 1.67 bits per heavy atom. The van der Waals surface area contributed by atoms with Gasteiger partial charge in [-0.15, -0.1) is 0 Å². The van der Waals surface area contributed by atoms with Crippen molar-refractivity contribution in [3.05, 3.63) is 114 Å². The standard InChI is InChI=1S/C32H28FN5O4/c1-32(30(39)35-24-10-6-3-7-11-24)19-41-29(42-20-32)28-37-26(22-12-14-23(33)15-13-22)27(38-28)25-16-17-34-31(36-25)40-18-21-8-4-2-5-9-21/h2-17,29H,18-20H2,1H3,(H,35,39)(H,37,38). The second-order valence-electron chi connectivity index (χ2n) is 10.2. The molecule has 10 heteroatoms. The zero-order chi connectivity index (χ0) is 28.9. The summed E-state index contributed by atoms with van der Waals surface area (Å²) in [6.45, 7) is 2.33. The van der Waals surface area contributed by atoms with Crippen LogP contribution < -0.4 is 10.1 Å². The largest absolute Gasteiger partial charge is 0.459 e. The molecule has 1 fully saturated rings. The number of H-pyrrole nitrogens is 1. The maximum Gasteiger partial charge on any atom is 0.317 e. The number of rotatable bonds is 8. The molecule has 6 rings (SSSR count). The molecule has 5 aromatic rings. The Morgan fingerprint density at radius 3 is 2.38 bits per heavy atom. The lowest BCUT2D eigenvalue weighted by atomic mass is 9.91. The number of halogens is 1. The van der Waals surface area contributed by atoms with Crippen molar-refractivity contribution in [1.29, 1.82) is 0 Å². The Kier molecular flexibility index (Phi) is 7.72. The van der Waals surface area contributed by atoms with E-state index < -0.39 is 11.7 Å². The molecule has 0 bridgehead atoms. The number of aromatic amines is 1. The Labute approximate surface area is 241 Å². The number of nitrogens with one attached hydrogen (secondary N) is 2. The predicted octanol–water partition coefficient (Wildman–Crippen LogP) is 5.94. The van der Waals surface area contributed by atoms with Gasteiger partial charge in [0.1, 0.15) is 12.4 Å².